The van der Waals surface area contributed by atoms with Crippen LogP contribution >= 0.6 is 0 Å². The number of hydrogen-bond donors (Lipinski definition) is 1. The molecule has 5 fully saturated rings. The zero-order chi connectivity index (χ0) is 29.8. The van der Waals surface area contributed by atoms with Crippen LogP contribution < -0.4 is 19.7 Å². The summed E-state index contributed by atoms with van der Waals surface area (Å²) in [5.74, 6) is 2.42. The highest BCUT2D eigenvalue weighted by Gasteiger charge is 2.45. The molecule has 0 saturated carbocycles. The van der Waals surface area contributed by atoms with Gasteiger partial charge in [0.1, 0.15) is 24.2 Å². The molecule has 11 nitrogen and oxygen atoms in total. The predicted molar refractivity (Wildman–Crippen MR) is 166 cm³/mol. The van der Waals surface area contributed by atoms with Crippen molar-refractivity contribution in [2.24, 2.45) is 0 Å². The molecule has 4 atom stereocenters. The van der Waals surface area contributed by atoms with Crippen molar-refractivity contribution in [3.8, 4) is 28.8 Å². The van der Waals surface area contributed by atoms with Gasteiger partial charge in [0.2, 0.25) is 5.88 Å². The van der Waals surface area contributed by atoms with Crippen LogP contribution in [0.3, 0.4) is 0 Å². The maximum Gasteiger partial charge on any atom is 0.212 e. The molecule has 1 N–H and O–H groups in total. The minimum absolute atomic E-state index is 0.502. The Morgan fingerprint density at radius 3 is 2.52 bits per heavy atom. The van der Waals surface area contributed by atoms with Crippen LogP contribution in [0.1, 0.15) is 29.5 Å². The smallest absolute Gasteiger partial charge is 0.212 e. The van der Waals surface area contributed by atoms with E-state index < -0.39 is 0 Å². The molecule has 9 rings (SSSR count). The largest absolute Gasteiger partial charge is 0.491 e. The highest BCUT2D eigenvalue weighted by Crippen LogP contribution is 2.38. The van der Waals surface area contributed by atoms with E-state index in [9.17, 15) is 5.26 Å². The normalized spacial score (nSPS) is 24.4. The highest BCUT2D eigenvalue weighted by atomic mass is 16.5. The second-order valence-corrected chi connectivity index (χ2v) is 12.5. The standard InChI is InChI=1S/C33H37N9O2/c1-21-7-23(13-37-33(21)39-18-27-9-28(19-39)41(27)17-22-3-4-31(43-2)36-12-22)30-10-29(20-42-32(30)24(11-34)14-38-42)44-6-5-40-25-8-26(40)16-35-15-25/h3-4,7,10,12-14,20,25-28,35H,5-6,8-9,15-19H2,1-2H3. The van der Waals surface area contributed by atoms with Gasteiger partial charge in [-0.15, -0.1) is 0 Å². The first-order chi connectivity index (χ1) is 21.6. The summed E-state index contributed by atoms with van der Waals surface area (Å²) in [6, 6.07) is 12.8. The Labute approximate surface area is 257 Å². The zero-order valence-corrected chi connectivity index (χ0v) is 25.2. The van der Waals surface area contributed by atoms with Gasteiger partial charge in [-0.2, -0.15) is 10.4 Å². The summed E-state index contributed by atoms with van der Waals surface area (Å²) in [5, 5.41) is 17.8. The van der Waals surface area contributed by atoms with Crippen LogP contribution in [-0.4, -0.2) is 100.0 Å². The number of ether oxygens (including phenoxy) is 2. The molecule has 0 aromatic carbocycles. The lowest BCUT2D eigenvalue weighted by atomic mass is 9.86. The van der Waals surface area contributed by atoms with Crippen LogP contribution in [0.25, 0.3) is 16.6 Å². The summed E-state index contributed by atoms with van der Waals surface area (Å²) in [6.45, 7) is 8.61. The number of aromatic nitrogens is 4. The summed E-state index contributed by atoms with van der Waals surface area (Å²) in [6.07, 6.45) is 9.86. The summed E-state index contributed by atoms with van der Waals surface area (Å²) >= 11 is 0. The number of aryl methyl sites for hydroxylation is 1. The van der Waals surface area contributed by atoms with Gasteiger partial charge in [0.05, 0.1) is 30.6 Å². The van der Waals surface area contributed by atoms with E-state index in [2.05, 4.69) is 55.2 Å². The van der Waals surface area contributed by atoms with Gasteiger partial charge < -0.3 is 19.7 Å². The predicted octanol–water partition coefficient (Wildman–Crippen LogP) is 2.87. The zero-order valence-electron chi connectivity index (χ0n) is 25.2. The molecule has 0 amide bonds. The first-order valence-electron chi connectivity index (χ1n) is 15.6. The Kier molecular flexibility index (Phi) is 6.85. The number of piperidine rings is 2. The lowest BCUT2D eigenvalue weighted by Crippen LogP contribution is -2.68. The Morgan fingerprint density at radius 1 is 1.00 bits per heavy atom. The molecular formula is C33H37N9O2. The fraction of sp³-hybridized carbons (Fsp3) is 0.455. The van der Waals surface area contributed by atoms with Gasteiger partial charge >= 0.3 is 0 Å². The molecule has 4 bridgehead atoms. The van der Waals surface area contributed by atoms with Crippen molar-refractivity contribution < 1.29 is 9.47 Å². The molecule has 4 aromatic rings. The van der Waals surface area contributed by atoms with E-state index in [1.165, 1.54) is 18.4 Å². The number of hydrogen-bond acceptors (Lipinski definition) is 10. The van der Waals surface area contributed by atoms with E-state index >= 15 is 0 Å². The SMILES string of the molecule is COc1ccc(CN2C3CC2CN(c2ncc(-c4cc(OCCN5C6CNCC5C6)cn5ncc(C#N)c45)cc2C)C3)cn1. The van der Waals surface area contributed by atoms with Crippen LogP contribution in [0.2, 0.25) is 0 Å². The molecule has 5 aliphatic heterocycles. The average Bonchev–Trinajstić information content (AvgIpc) is 3.49. The lowest BCUT2D eigenvalue weighted by Gasteiger charge is -2.57. The van der Waals surface area contributed by atoms with Crippen LogP contribution in [0.5, 0.6) is 11.6 Å². The summed E-state index contributed by atoms with van der Waals surface area (Å²) < 4.78 is 13.2. The molecule has 0 aliphatic carbocycles. The van der Waals surface area contributed by atoms with Gasteiger partial charge in [-0.1, -0.05) is 6.07 Å². The highest BCUT2D eigenvalue weighted by molar-refractivity contribution is 5.85. The Hall–Kier alpha value is -4.24. The van der Waals surface area contributed by atoms with Crippen molar-refractivity contribution in [1.82, 2.24) is 34.7 Å². The van der Waals surface area contributed by atoms with E-state index in [1.807, 2.05) is 30.7 Å². The van der Waals surface area contributed by atoms with Gasteiger partial charge in [0.25, 0.3) is 0 Å². The van der Waals surface area contributed by atoms with E-state index in [1.54, 1.807) is 17.8 Å². The summed E-state index contributed by atoms with van der Waals surface area (Å²) in [4.78, 5) is 16.9. The molecule has 226 valence electrons. The minimum Gasteiger partial charge on any atom is -0.491 e. The van der Waals surface area contributed by atoms with Gasteiger partial charge in [0.15, 0.2) is 0 Å². The molecule has 44 heavy (non-hydrogen) atoms. The number of nitrogens with one attached hydrogen (secondary N) is 1. The lowest BCUT2D eigenvalue weighted by molar-refractivity contribution is -0.0212. The third kappa shape index (κ3) is 4.74. The number of nitriles is 1. The minimum atomic E-state index is 0.502. The van der Waals surface area contributed by atoms with Crippen LogP contribution in [0.15, 0.2) is 49.1 Å². The quantitative estimate of drug-likeness (QED) is 0.312. The second kappa shape index (κ2) is 11.0. The summed E-state index contributed by atoms with van der Waals surface area (Å²) in [7, 11) is 1.64. The molecule has 9 heterocycles. The van der Waals surface area contributed by atoms with E-state index in [4.69, 9.17) is 14.5 Å². The van der Waals surface area contributed by atoms with E-state index in [0.29, 0.717) is 42.2 Å². The Morgan fingerprint density at radius 2 is 1.82 bits per heavy atom. The fourth-order valence-corrected chi connectivity index (χ4v) is 7.67. The van der Waals surface area contributed by atoms with Crippen molar-refractivity contribution in [2.75, 3.05) is 51.3 Å². The molecule has 11 heteroatoms. The van der Waals surface area contributed by atoms with E-state index in [-0.39, 0.29) is 0 Å². The maximum absolute atomic E-state index is 9.84. The van der Waals surface area contributed by atoms with Gasteiger partial charge in [-0.05, 0) is 43.0 Å². The number of anilines is 1. The summed E-state index contributed by atoms with van der Waals surface area (Å²) in [5.41, 5.74) is 5.51. The fourth-order valence-electron chi connectivity index (χ4n) is 7.67. The maximum atomic E-state index is 9.84. The number of piperazine rings is 2. The van der Waals surface area contributed by atoms with Crippen molar-refractivity contribution >= 4 is 11.3 Å². The first-order valence-corrected chi connectivity index (χ1v) is 15.6. The van der Waals surface area contributed by atoms with Crippen LogP contribution in [0.4, 0.5) is 5.82 Å². The molecule has 5 saturated heterocycles. The van der Waals surface area contributed by atoms with Crippen LogP contribution in [0, 0.1) is 18.3 Å². The first kappa shape index (κ1) is 27.3. The van der Waals surface area contributed by atoms with Gasteiger partial charge in [-0.25, -0.2) is 14.5 Å². The molecule has 0 radical (unpaired) electrons. The molecule has 5 aliphatic rings. The number of fused-ring (bicyclic) bond motifs is 5. The third-order valence-corrected chi connectivity index (χ3v) is 9.94. The van der Waals surface area contributed by atoms with E-state index in [0.717, 1.165) is 73.0 Å². The molecule has 4 aromatic heterocycles. The average molecular weight is 592 g/mol. The van der Waals surface area contributed by atoms with Crippen molar-refractivity contribution in [2.45, 2.75) is 50.5 Å². The second-order valence-electron chi connectivity index (χ2n) is 12.5. The van der Waals surface area contributed by atoms with Crippen molar-refractivity contribution in [3.05, 3.63) is 65.7 Å². The monoisotopic (exact) mass is 591 g/mol. The third-order valence-electron chi connectivity index (χ3n) is 9.94. The molecule has 0 spiro atoms. The number of methoxy groups -OCH3 is 1. The van der Waals surface area contributed by atoms with Crippen molar-refractivity contribution in [3.63, 3.8) is 0 Å². The Balaban J connectivity index is 0.988. The number of pyridine rings is 3. The van der Waals surface area contributed by atoms with Gasteiger partial charge in [0, 0.05) is 93.0 Å². The Bertz CT molecular complexity index is 1710. The number of nitrogens with zero attached hydrogens (tertiary/aromatic N) is 8. The topological polar surface area (TPSA) is 107 Å². The molecular weight excluding hydrogens is 554 g/mol. The van der Waals surface area contributed by atoms with Gasteiger partial charge in [-0.3, -0.25) is 9.80 Å². The number of rotatable bonds is 9. The van der Waals surface area contributed by atoms with Crippen LogP contribution in [-0.2, 0) is 6.54 Å². The van der Waals surface area contributed by atoms with Crippen molar-refractivity contribution in [1.29, 1.82) is 5.26 Å². The molecule has 4 unspecified atom stereocenters.